The van der Waals surface area contributed by atoms with E-state index >= 15 is 0 Å². The number of carbonyl (C=O) groups excluding carboxylic acids is 1. The van der Waals surface area contributed by atoms with E-state index in [1.165, 1.54) is 0 Å². The second-order valence-corrected chi connectivity index (χ2v) is 5.57. The summed E-state index contributed by atoms with van der Waals surface area (Å²) >= 11 is 0. The molecule has 0 atom stereocenters. The lowest BCUT2D eigenvalue weighted by molar-refractivity contribution is -0.131. The molecular formula is C18H37NO6. The van der Waals surface area contributed by atoms with Crippen LogP contribution in [0.3, 0.4) is 0 Å². The van der Waals surface area contributed by atoms with Crippen LogP contribution < -0.4 is 0 Å². The van der Waals surface area contributed by atoms with Gasteiger partial charge in [-0.1, -0.05) is 13.3 Å². The first-order valence-corrected chi connectivity index (χ1v) is 9.35. The molecule has 0 aromatic carbocycles. The normalized spacial score (nSPS) is 11.0. The van der Waals surface area contributed by atoms with Crippen molar-refractivity contribution in [1.29, 1.82) is 0 Å². The minimum absolute atomic E-state index is 0.0650. The third kappa shape index (κ3) is 17.9. The van der Waals surface area contributed by atoms with Gasteiger partial charge >= 0.3 is 0 Å². The summed E-state index contributed by atoms with van der Waals surface area (Å²) in [7, 11) is 1.78. The largest absolute Gasteiger partial charge is 0.380 e. The SMILES string of the molecule is CCCCOCCOCCOCCOCCC(=O)N(C)CCOCC. The molecule has 0 spiro atoms. The maximum Gasteiger partial charge on any atom is 0.224 e. The Bertz CT molecular complexity index is 291. The lowest BCUT2D eigenvalue weighted by Gasteiger charge is -2.16. The van der Waals surface area contributed by atoms with Crippen LogP contribution in [-0.4, -0.2) is 90.5 Å². The number of unbranched alkanes of at least 4 members (excludes halogenated alkanes) is 1. The van der Waals surface area contributed by atoms with E-state index in [1.54, 1.807) is 11.9 Å². The number of hydrogen-bond acceptors (Lipinski definition) is 6. The van der Waals surface area contributed by atoms with Crippen LogP contribution in [0.2, 0.25) is 0 Å². The van der Waals surface area contributed by atoms with Gasteiger partial charge in [0.15, 0.2) is 0 Å². The first-order valence-electron chi connectivity index (χ1n) is 9.35. The molecule has 0 aliphatic carbocycles. The summed E-state index contributed by atoms with van der Waals surface area (Å²) in [6, 6.07) is 0. The number of amides is 1. The number of rotatable bonds is 19. The molecule has 0 saturated carbocycles. The Kier molecular flexibility index (Phi) is 19.0. The Balaban J connectivity index is 3.21. The minimum atomic E-state index is 0.0650. The van der Waals surface area contributed by atoms with E-state index < -0.39 is 0 Å². The van der Waals surface area contributed by atoms with Gasteiger partial charge < -0.3 is 28.6 Å². The van der Waals surface area contributed by atoms with Crippen molar-refractivity contribution in [3.63, 3.8) is 0 Å². The molecule has 0 aromatic heterocycles. The summed E-state index contributed by atoms with van der Waals surface area (Å²) in [4.78, 5) is 13.5. The lowest BCUT2D eigenvalue weighted by atomic mass is 10.4. The van der Waals surface area contributed by atoms with Crippen LogP contribution in [0.15, 0.2) is 0 Å². The highest BCUT2D eigenvalue weighted by Crippen LogP contribution is 1.93. The number of ether oxygens (including phenoxy) is 5. The van der Waals surface area contributed by atoms with Crippen LogP contribution in [0, 0.1) is 0 Å². The van der Waals surface area contributed by atoms with Crippen molar-refractivity contribution in [3.8, 4) is 0 Å². The number of carbonyl (C=O) groups is 1. The Hall–Kier alpha value is -0.730. The first kappa shape index (κ1) is 24.3. The number of likely N-dealkylation sites (N-methyl/N-ethyl adjacent to an activating group) is 1. The van der Waals surface area contributed by atoms with Crippen molar-refractivity contribution in [1.82, 2.24) is 4.90 Å². The van der Waals surface area contributed by atoms with Crippen LogP contribution in [0.1, 0.15) is 33.1 Å². The third-order valence-corrected chi connectivity index (χ3v) is 3.42. The molecule has 1 amide bonds. The minimum Gasteiger partial charge on any atom is -0.380 e. The molecule has 0 aromatic rings. The van der Waals surface area contributed by atoms with Crippen molar-refractivity contribution >= 4 is 5.91 Å². The molecular weight excluding hydrogens is 326 g/mol. The van der Waals surface area contributed by atoms with Crippen molar-refractivity contribution < 1.29 is 28.5 Å². The van der Waals surface area contributed by atoms with Gasteiger partial charge in [-0.2, -0.15) is 0 Å². The van der Waals surface area contributed by atoms with Gasteiger partial charge in [0.05, 0.1) is 59.3 Å². The van der Waals surface area contributed by atoms with Crippen molar-refractivity contribution in [2.45, 2.75) is 33.1 Å². The van der Waals surface area contributed by atoms with E-state index in [4.69, 9.17) is 23.7 Å². The van der Waals surface area contributed by atoms with Crippen molar-refractivity contribution in [2.24, 2.45) is 0 Å². The van der Waals surface area contributed by atoms with Gasteiger partial charge in [0.2, 0.25) is 5.91 Å². The first-order chi connectivity index (χ1) is 12.2. The Morgan fingerprint density at radius 1 is 0.720 bits per heavy atom. The molecule has 25 heavy (non-hydrogen) atoms. The fourth-order valence-corrected chi connectivity index (χ4v) is 1.83. The topological polar surface area (TPSA) is 66.5 Å². The number of hydrogen-bond donors (Lipinski definition) is 0. The molecule has 0 heterocycles. The molecule has 0 unspecified atom stereocenters. The molecule has 7 nitrogen and oxygen atoms in total. The quantitative estimate of drug-likeness (QED) is 0.326. The Labute approximate surface area is 152 Å². The van der Waals surface area contributed by atoms with E-state index in [0.717, 1.165) is 19.4 Å². The molecule has 0 N–H and O–H groups in total. The molecule has 7 heteroatoms. The highest BCUT2D eigenvalue weighted by Gasteiger charge is 2.07. The summed E-state index contributed by atoms with van der Waals surface area (Å²) in [5, 5.41) is 0. The van der Waals surface area contributed by atoms with Gasteiger partial charge in [-0.3, -0.25) is 4.79 Å². The van der Waals surface area contributed by atoms with Crippen molar-refractivity contribution in [2.75, 3.05) is 79.7 Å². The van der Waals surface area contributed by atoms with Gasteiger partial charge in [-0.05, 0) is 13.3 Å². The molecule has 0 rings (SSSR count). The van der Waals surface area contributed by atoms with Crippen LogP contribution in [0.4, 0.5) is 0 Å². The average molecular weight is 363 g/mol. The van der Waals surface area contributed by atoms with E-state index in [1.807, 2.05) is 6.92 Å². The summed E-state index contributed by atoms with van der Waals surface area (Å²) in [6.07, 6.45) is 2.62. The zero-order valence-corrected chi connectivity index (χ0v) is 16.3. The average Bonchev–Trinajstić information content (AvgIpc) is 2.61. The second-order valence-electron chi connectivity index (χ2n) is 5.57. The van der Waals surface area contributed by atoms with Crippen LogP contribution in [-0.2, 0) is 28.5 Å². The molecule has 0 radical (unpaired) electrons. The fraction of sp³-hybridized carbons (Fsp3) is 0.944. The summed E-state index contributed by atoms with van der Waals surface area (Å²) < 4.78 is 26.8. The zero-order valence-electron chi connectivity index (χ0n) is 16.3. The standard InChI is InChI=1S/C18H37NO6/c1-4-6-9-22-12-14-24-16-17-25-15-13-23-10-7-18(20)19(3)8-11-21-5-2/h4-17H2,1-3H3. The van der Waals surface area contributed by atoms with E-state index in [-0.39, 0.29) is 5.91 Å². The summed E-state index contributed by atoms with van der Waals surface area (Å²) in [5.74, 6) is 0.0650. The van der Waals surface area contributed by atoms with Crippen LogP contribution in [0.5, 0.6) is 0 Å². The molecule has 150 valence electrons. The molecule has 0 aliphatic heterocycles. The van der Waals surface area contributed by atoms with Gasteiger partial charge in [0, 0.05) is 26.8 Å². The molecule has 0 aliphatic rings. The Morgan fingerprint density at radius 2 is 1.24 bits per heavy atom. The highest BCUT2D eigenvalue weighted by molar-refractivity contribution is 5.75. The van der Waals surface area contributed by atoms with E-state index in [9.17, 15) is 4.79 Å². The predicted molar refractivity (Wildman–Crippen MR) is 96.9 cm³/mol. The lowest BCUT2D eigenvalue weighted by Crippen LogP contribution is -2.31. The highest BCUT2D eigenvalue weighted by atomic mass is 16.6. The van der Waals surface area contributed by atoms with Crippen LogP contribution >= 0.6 is 0 Å². The van der Waals surface area contributed by atoms with Crippen molar-refractivity contribution in [3.05, 3.63) is 0 Å². The van der Waals surface area contributed by atoms with Crippen LogP contribution in [0.25, 0.3) is 0 Å². The smallest absolute Gasteiger partial charge is 0.224 e. The fourth-order valence-electron chi connectivity index (χ4n) is 1.83. The number of nitrogens with zero attached hydrogens (tertiary/aromatic N) is 1. The monoisotopic (exact) mass is 363 g/mol. The van der Waals surface area contributed by atoms with E-state index in [0.29, 0.717) is 72.4 Å². The third-order valence-electron chi connectivity index (χ3n) is 3.42. The molecule has 0 saturated heterocycles. The predicted octanol–water partition coefficient (Wildman–Crippen LogP) is 1.74. The maximum atomic E-state index is 11.8. The Morgan fingerprint density at radius 3 is 1.76 bits per heavy atom. The maximum absolute atomic E-state index is 11.8. The van der Waals surface area contributed by atoms with Gasteiger partial charge in [-0.25, -0.2) is 0 Å². The van der Waals surface area contributed by atoms with Gasteiger partial charge in [-0.15, -0.1) is 0 Å². The molecule has 0 fully saturated rings. The van der Waals surface area contributed by atoms with Gasteiger partial charge in [0.1, 0.15) is 0 Å². The zero-order chi connectivity index (χ0) is 18.6. The summed E-state index contributed by atoms with van der Waals surface area (Å²) in [6.45, 7) is 10.5. The second kappa shape index (κ2) is 19.6. The van der Waals surface area contributed by atoms with E-state index in [2.05, 4.69) is 6.92 Å². The summed E-state index contributed by atoms with van der Waals surface area (Å²) in [5.41, 5.74) is 0. The van der Waals surface area contributed by atoms with Gasteiger partial charge in [0.25, 0.3) is 0 Å². The molecule has 0 bridgehead atoms.